The van der Waals surface area contributed by atoms with Gasteiger partial charge in [0.1, 0.15) is 12.0 Å². The third-order valence-electron chi connectivity index (χ3n) is 9.46. The highest BCUT2D eigenvalue weighted by Gasteiger charge is 2.26. The number of hydrogen-bond acceptors (Lipinski definition) is 4. The second kappa shape index (κ2) is 10.8. The van der Waals surface area contributed by atoms with Crippen molar-refractivity contribution in [1.29, 1.82) is 0 Å². The highest BCUT2D eigenvalue weighted by Crippen LogP contribution is 2.38. The fourth-order valence-electron chi connectivity index (χ4n) is 7.25. The largest absolute Gasteiger partial charge is 0.344 e. The molecule has 0 radical (unpaired) electrons. The summed E-state index contributed by atoms with van der Waals surface area (Å²) in [6, 6.07) is 56.1. The summed E-state index contributed by atoms with van der Waals surface area (Å²) in [5.41, 5.74) is 6.51. The van der Waals surface area contributed by atoms with E-state index in [0.717, 1.165) is 50.0 Å². The van der Waals surface area contributed by atoms with E-state index >= 15 is 0 Å². The van der Waals surface area contributed by atoms with Gasteiger partial charge in [-0.2, -0.15) is 0 Å². The van der Waals surface area contributed by atoms with Crippen LogP contribution in [0.3, 0.4) is 0 Å². The second-order valence-electron chi connectivity index (χ2n) is 12.2. The number of fused-ring (bicyclic) bond motifs is 7. The van der Waals surface area contributed by atoms with E-state index in [-0.39, 0.29) is 6.17 Å². The number of para-hydroxylation sites is 2. The number of benzene rings is 7. The number of nitrogens with zero attached hydrogens (tertiary/aromatic N) is 3. The minimum Gasteiger partial charge on any atom is -0.344 e. The fourth-order valence-corrected chi connectivity index (χ4v) is 8.34. The van der Waals surface area contributed by atoms with Crippen molar-refractivity contribution >= 4 is 75.8 Å². The van der Waals surface area contributed by atoms with Gasteiger partial charge in [-0.1, -0.05) is 115 Å². The Kier molecular flexibility index (Phi) is 6.08. The average molecular weight is 633 g/mol. The molecule has 2 aromatic heterocycles. The highest BCUT2D eigenvalue weighted by molar-refractivity contribution is 7.25. The molecule has 9 aromatic rings. The van der Waals surface area contributed by atoms with Gasteiger partial charge >= 0.3 is 0 Å². The van der Waals surface area contributed by atoms with Crippen molar-refractivity contribution < 1.29 is 0 Å². The average Bonchev–Trinajstić information content (AvgIpc) is 3.70. The monoisotopic (exact) mass is 632 g/mol. The molecule has 0 aliphatic carbocycles. The molecule has 0 saturated carbocycles. The Morgan fingerprint density at radius 3 is 1.98 bits per heavy atom. The van der Waals surface area contributed by atoms with Crippen molar-refractivity contribution in [2.45, 2.75) is 6.17 Å². The highest BCUT2D eigenvalue weighted by atomic mass is 32.1. The molecule has 4 nitrogen and oxygen atoms in total. The fraction of sp³-hybridized carbons (Fsp3) is 0.0233. The number of thiophene rings is 1. The van der Waals surface area contributed by atoms with Gasteiger partial charge in [0.25, 0.3) is 0 Å². The van der Waals surface area contributed by atoms with Crippen molar-refractivity contribution in [3.63, 3.8) is 0 Å². The summed E-state index contributed by atoms with van der Waals surface area (Å²) in [5, 5.41) is 10.9. The lowest BCUT2D eigenvalue weighted by atomic mass is 10.00. The van der Waals surface area contributed by atoms with E-state index in [1.807, 2.05) is 17.4 Å². The zero-order chi connectivity index (χ0) is 31.6. The quantitative estimate of drug-likeness (QED) is 0.206. The molecule has 226 valence electrons. The molecule has 0 amide bonds. The van der Waals surface area contributed by atoms with Gasteiger partial charge in [-0.3, -0.25) is 0 Å². The molecule has 0 fully saturated rings. The topological polar surface area (TPSA) is 41.7 Å². The molecule has 48 heavy (non-hydrogen) atoms. The van der Waals surface area contributed by atoms with Gasteiger partial charge in [0.2, 0.25) is 0 Å². The summed E-state index contributed by atoms with van der Waals surface area (Å²) in [6.07, 6.45) is -0.311. The molecule has 0 spiro atoms. The van der Waals surface area contributed by atoms with Crippen LogP contribution >= 0.6 is 11.3 Å². The van der Waals surface area contributed by atoms with Gasteiger partial charge < -0.3 is 9.88 Å². The summed E-state index contributed by atoms with van der Waals surface area (Å²) in [6.45, 7) is 0. The predicted octanol–water partition coefficient (Wildman–Crippen LogP) is 10.8. The normalized spacial score (nSPS) is 14.9. The Balaban J connectivity index is 1.26. The molecule has 1 unspecified atom stereocenters. The van der Waals surface area contributed by atoms with Crippen LogP contribution in [0, 0.1) is 0 Å². The summed E-state index contributed by atoms with van der Waals surface area (Å²) in [5.74, 6) is 1.52. The van der Waals surface area contributed by atoms with Crippen molar-refractivity contribution in [2.75, 3.05) is 0 Å². The van der Waals surface area contributed by atoms with E-state index in [1.54, 1.807) is 0 Å². The number of amidine groups is 2. The zero-order valence-corrected chi connectivity index (χ0v) is 26.7. The van der Waals surface area contributed by atoms with Crippen LogP contribution in [-0.2, 0) is 0 Å². The van der Waals surface area contributed by atoms with E-state index in [9.17, 15) is 0 Å². The first-order valence-electron chi connectivity index (χ1n) is 16.2. The van der Waals surface area contributed by atoms with Crippen LogP contribution in [0.25, 0.3) is 58.4 Å². The zero-order valence-electron chi connectivity index (χ0n) is 25.8. The Hall–Kier alpha value is -6.04. The molecule has 1 aliphatic heterocycles. The SMILES string of the molecule is c1ccc(C2N=C(c3c(-n4c5ccccc5c5ccccc54)ccc4ccccc34)N=C(c3ccc4sc5ccccc5c4c3)N2)cc1. The lowest BCUT2D eigenvalue weighted by molar-refractivity contribution is 0.674. The van der Waals surface area contributed by atoms with Gasteiger partial charge in [-0.25, -0.2) is 9.98 Å². The number of hydrogen-bond donors (Lipinski definition) is 1. The predicted molar refractivity (Wildman–Crippen MR) is 203 cm³/mol. The third-order valence-corrected chi connectivity index (χ3v) is 10.6. The van der Waals surface area contributed by atoms with Gasteiger partial charge in [0.05, 0.1) is 22.3 Å². The first-order chi connectivity index (χ1) is 23.8. The summed E-state index contributed by atoms with van der Waals surface area (Å²) in [4.78, 5) is 10.8. The first-order valence-corrected chi connectivity index (χ1v) is 17.0. The van der Waals surface area contributed by atoms with Gasteiger partial charge in [0.15, 0.2) is 5.84 Å². The lowest BCUT2D eigenvalue weighted by Gasteiger charge is -2.25. The molecule has 0 bridgehead atoms. The molecule has 7 aromatic carbocycles. The Morgan fingerprint density at radius 1 is 0.542 bits per heavy atom. The molecule has 5 heteroatoms. The maximum Gasteiger partial charge on any atom is 0.162 e. The molecule has 1 aliphatic rings. The van der Waals surface area contributed by atoms with Crippen LogP contribution in [0.1, 0.15) is 22.9 Å². The minimum atomic E-state index is -0.311. The van der Waals surface area contributed by atoms with E-state index in [2.05, 4.69) is 162 Å². The van der Waals surface area contributed by atoms with E-state index < -0.39 is 0 Å². The molecule has 1 N–H and O–H groups in total. The summed E-state index contributed by atoms with van der Waals surface area (Å²) in [7, 11) is 0. The summed E-state index contributed by atoms with van der Waals surface area (Å²) >= 11 is 1.83. The molecule has 1 atom stereocenters. The molecule has 0 saturated heterocycles. The standard InChI is InChI=1S/C43H28N4S/c1-2-13-28(14-3-1)41-44-42(29-23-25-39-34(26-29)33-18-8-11-21-38(33)48-39)46-43(45-41)40-30-15-5-4-12-27(30)22-24-37(40)47-35-19-9-6-16-31(35)32-17-7-10-20-36(32)47/h1-26,41H,(H,44,45,46). The Bertz CT molecular complexity index is 2720. The molecule has 3 heterocycles. The van der Waals surface area contributed by atoms with Crippen LogP contribution in [-0.4, -0.2) is 16.2 Å². The second-order valence-corrected chi connectivity index (χ2v) is 13.3. The van der Waals surface area contributed by atoms with Crippen LogP contribution in [0.15, 0.2) is 168 Å². The maximum atomic E-state index is 5.40. The van der Waals surface area contributed by atoms with Crippen LogP contribution in [0.5, 0.6) is 0 Å². The van der Waals surface area contributed by atoms with E-state index in [4.69, 9.17) is 9.98 Å². The Morgan fingerprint density at radius 2 is 1.19 bits per heavy atom. The molecular formula is C43H28N4S. The maximum absolute atomic E-state index is 5.40. The molecule has 10 rings (SSSR count). The van der Waals surface area contributed by atoms with Crippen molar-refractivity contribution in [3.05, 3.63) is 174 Å². The van der Waals surface area contributed by atoms with Gasteiger partial charge in [-0.15, -0.1) is 11.3 Å². The van der Waals surface area contributed by atoms with E-state index in [1.165, 1.54) is 30.9 Å². The van der Waals surface area contributed by atoms with Crippen molar-refractivity contribution in [1.82, 2.24) is 9.88 Å². The van der Waals surface area contributed by atoms with Crippen LogP contribution < -0.4 is 5.32 Å². The minimum absolute atomic E-state index is 0.311. The molecular weight excluding hydrogens is 605 g/mol. The van der Waals surface area contributed by atoms with E-state index in [0.29, 0.717) is 5.84 Å². The lowest BCUT2D eigenvalue weighted by Crippen LogP contribution is -2.33. The summed E-state index contributed by atoms with van der Waals surface area (Å²) < 4.78 is 4.94. The van der Waals surface area contributed by atoms with Crippen LogP contribution in [0.4, 0.5) is 0 Å². The van der Waals surface area contributed by atoms with Crippen LogP contribution in [0.2, 0.25) is 0 Å². The number of rotatable bonds is 4. The van der Waals surface area contributed by atoms with Crippen molar-refractivity contribution in [2.24, 2.45) is 9.98 Å². The number of aliphatic imine (C=N–C) groups is 2. The van der Waals surface area contributed by atoms with Crippen molar-refractivity contribution in [3.8, 4) is 5.69 Å². The number of aromatic nitrogens is 1. The first kappa shape index (κ1) is 27.1. The Labute approximate surface area is 281 Å². The van der Waals surface area contributed by atoms with Gasteiger partial charge in [-0.05, 0) is 58.8 Å². The smallest absolute Gasteiger partial charge is 0.162 e. The number of nitrogens with one attached hydrogen (secondary N) is 1. The van der Waals surface area contributed by atoms with Gasteiger partial charge in [0, 0.05) is 36.5 Å². The third kappa shape index (κ3) is 4.21.